The van der Waals surface area contributed by atoms with Crippen LogP contribution in [-0.2, 0) is 4.79 Å². The molecule has 5 nitrogen and oxygen atoms in total. The fourth-order valence-corrected chi connectivity index (χ4v) is 2.09. The highest BCUT2D eigenvalue weighted by molar-refractivity contribution is 5.93. The summed E-state index contributed by atoms with van der Waals surface area (Å²) in [6.45, 7) is 4.23. The van der Waals surface area contributed by atoms with Crippen molar-refractivity contribution in [2.24, 2.45) is 0 Å². The summed E-state index contributed by atoms with van der Waals surface area (Å²) in [4.78, 5) is 25.2. The summed E-state index contributed by atoms with van der Waals surface area (Å²) in [5.74, 6) is -0.0786. The molecule has 2 aromatic rings. The predicted octanol–water partition coefficient (Wildman–Crippen LogP) is 2.37. The molecule has 110 valence electrons. The van der Waals surface area contributed by atoms with Crippen LogP contribution in [0.3, 0.4) is 0 Å². The van der Waals surface area contributed by atoms with E-state index in [0.717, 1.165) is 11.3 Å². The quantitative estimate of drug-likeness (QED) is 0.918. The average molecular weight is 286 g/mol. The Morgan fingerprint density at radius 2 is 1.95 bits per heavy atom. The lowest BCUT2D eigenvalue weighted by molar-refractivity contribution is -0.116. The molecule has 1 aromatic carbocycles. The Hall–Kier alpha value is -2.56. The zero-order valence-electron chi connectivity index (χ0n) is 12.1. The minimum atomic E-state index is -0.284. The van der Waals surface area contributed by atoms with Gasteiger partial charge in [-0.15, -0.1) is 0 Å². The number of aryl methyl sites for hydroxylation is 1. The van der Waals surface area contributed by atoms with Crippen LogP contribution in [0.2, 0.25) is 0 Å². The lowest BCUT2D eigenvalue weighted by Crippen LogP contribution is -2.37. The molecule has 0 aliphatic heterocycles. The predicted molar refractivity (Wildman–Crippen MR) is 80.2 cm³/mol. The molecule has 1 heterocycles. The Morgan fingerprint density at radius 1 is 1.19 bits per heavy atom. The van der Waals surface area contributed by atoms with Crippen LogP contribution in [0.5, 0.6) is 0 Å². The molecule has 2 amide bonds. The molecule has 0 aliphatic carbocycles. The van der Waals surface area contributed by atoms with Gasteiger partial charge < -0.3 is 14.6 Å². The number of amides is 2. The topological polar surface area (TPSA) is 62.6 Å². The van der Waals surface area contributed by atoms with E-state index in [1.165, 1.54) is 13.2 Å². The third kappa shape index (κ3) is 3.72. The number of carbonyl (C=O) groups is 2. The summed E-state index contributed by atoms with van der Waals surface area (Å²) in [5.41, 5.74) is 1.88. The van der Waals surface area contributed by atoms with Crippen molar-refractivity contribution in [1.82, 2.24) is 5.32 Å². The number of hydrogen-bond donors (Lipinski definition) is 1. The molecule has 0 spiro atoms. The molecule has 0 radical (unpaired) electrons. The maximum absolute atomic E-state index is 11.8. The third-order valence-electron chi connectivity index (χ3n) is 3.15. The van der Waals surface area contributed by atoms with Crippen molar-refractivity contribution < 1.29 is 14.0 Å². The number of anilines is 1. The Bertz CT molecular complexity index is 620. The van der Waals surface area contributed by atoms with Crippen LogP contribution in [0.1, 0.15) is 23.0 Å². The largest absolute Gasteiger partial charge is 0.459 e. The first-order valence-electron chi connectivity index (χ1n) is 6.75. The summed E-state index contributed by atoms with van der Waals surface area (Å²) in [6, 6.07) is 10.9. The van der Waals surface area contributed by atoms with Gasteiger partial charge in [-0.05, 0) is 30.7 Å². The lowest BCUT2D eigenvalue weighted by atomic mass is 10.2. The first-order chi connectivity index (χ1) is 10.1. The van der Waals surface area contributed by atoms with E-state index < -0.39 is 0 Å². The average Bonchev–Trinajstić information content (AvgIpc) is 2.98. The van der Waals surface area contributed by atoms with Gasteiger partial charge in [0.1, 0.15) is 0 Å². The number of carbonyl (C=O) groups excluding carboxylic acids is 2. The van der Waals surface area contributed by atoms with Crippen molar-refractivity contribution in [3.05, 3.63) is 54.0 Å². The number of benzene rings is 1. The normalized spacial score (nSPS) is 10.2. The second kappa shape index (κ2) is 6.74. The molecule has 0 bridgehead atoms. The van der Waals surface area contributed by atoms with Gasteiger partial charge in [0, 0.05) is 25.7 Å². The first-order valence-corrected chi connectivity index (χ1v) is 6.75. The van der Waals surface area contributed by atoms with Gasteiger partial charge in [-0.3, -0.25) is 9.59 Å². The molecule has 21 heavy (non-hydrogen) atoms. The van der Waals surface area contributed by atoms with E-state index in [4.69, 9.17) is 4.42 Å². The summed E-state index contributed by atoms with van der Waals surface area (Å²) in [7, 11) is 0. The molecule has 0 fully saturated rings. The zero-order chi connectivity index (χ0) is 15.2. The number of nitrogens with zero attached hydrogens (tertiary/aromatic N) is 1. The highest BCUT2D eigenvalue weighted by atomic mass is 16.3. The van der Waals surface area contributed by atoms with Gasteiger partial charge in [-0.1, -0.05) is 18.2 Å². The number of hydrogen-bond acceptors (Lipinski definition) is 3. The summed E-state index contributed by atoms with van der Waals surface area (Å²) >= 11 is 0. The van der Waals surface area contributed by atoms with Crippen molar-refractivity contribution in [1.29, 1.82) is 0 Å². The maximum atomic E-state index is 11.8. The molecule has 0 atom stereocenters. The van der Waals surface area contributed by atoms with Crippen molar-refractivity contribution in [3.63, 3.8) is 0 Å². The standard InChI is InChI=1S/C16H18N2O3/c1-12-6-3-4-7-14(12)18(13(2)19)10-9-17-16(20)15-8-5-11-21-15/h3-8,11H,9-10H2,1-2H3,(H,17,20). The number of furan rings is 1. The van der Waals surface area contributed by atoms with Gasteiger partial charge in [0.15, 0.2) is 5.76 Å². The van der Waals surface area contributed by atoms with E-state index in [0.29, 0.717) is 13.1 Å². The van der Waals surface area contributed by atoms with Crippen LogP contribution in [-0.4, -0.2) is 24.9 Å². The van der Waals surface area contributed by atoms with Gasteiger partial charge in [0.05, 0.1) is 6.26 Å². The Morgan fingerprint density at radius 3 is 2.57 bits per heavy atom. The van der Waals surface area contributed by atoms with Crippen molar-refractivity contribution in [2.45, 2.75) is 13.8 Å². The zero-order valence-corrected chi connectivity index (χ0v) is 12.1. The highest BCUT2D eigenvalue weighted by Gasteiger charge is 2.14. The third-order valence-corrected chi connectivity index (χ3v) is 3.15. The first kappa shape index (κ1) is 14.8. The van der Waals surface area contributed by atoms with Gasteiger partial charge in [-0.25, -0.2) is 0 Å². The molecule has 5 heteroatoms. The molecule has 0 saturated carbocycles. The van der Waals surface area contributed by atoms with Gasteiger partial charge in [0.25, 0.3) is 5.91 Å². The summed E-state index contributed by atoms with van der Waals surface area (Å²) in [5, 5.41) is 2.73. The number of para-hydroxylation sites is 1. The molecule has 0 saturated heterocycles. The van der Waals surface area contributed by atoms with E-state index in [1.54, 1.807) is 17.0 Å². The summed E-state index contributed by atoms with van der Waals surface area (Å²) in [6.07, 6.45) is 1.45. The van der Waals surface area contributed by atoms with Crippen LogP contribution in [0, 0.1) is 6.92 Å². The Labute approximate surface area is 123 Å². The molecule has 1 aromatic heterocycles. The Kier molecular flexibility index (Phi) is 4.77. The molecule has 2 rings (SSSR count). The van der Waals surface area contributed by atoms with Gasteiger partial charge in [-0.2, -0.15) is 0 Å². The fourth-order valence-electron chi connectivity index (χ4n) is 2.09. The minimum absolute atomic E-state index is 0.0588. The van der Waals surface area contributed by atoms with Crippen molar-refractivity contribution in [2.75, 3.05) is 18.0 Å². The van der Waals surface area contributed by atoms with Crippen LogP contribution < -0.4 is 10.2 Å². The number of rotatable bonds is 5. The second-order valence-corrected chi connectivity index (χ2v) is 4.69. The van der Waals surface area contributed by atoms with E-state index in [9.17, 15) is 9.59 Å². The lowest BCUT2D eigenvalue weighted by Gasteiger charge is -2.23. The van der Waals surface area contributed by atoms with Gasteiger partial charge in [0.2, 0.25) is 5.91 Å². The van der Waals surface area contributed by atoms with Crippen LogP contribution >= 0.6 is 0 Å². The molecule has 0 unspecified atom stereocenters. The fraction of sp³-hybridized carbons (Fsp3) is 0.250. The molecular weight excluding hydrogens is 268 g/mol. The maximum Gasteiger partial charge on any atom is 0.287 e. The van der Waals surface area contributed by atoms with E-state index >= 15 is 0 Å². The molecular formula is C16H18N2O3. The SMILES string of the molecule is CC(=O)N(CCNC(=O)c1ccco1)c1ccccc1C. The van der Waals surface area contributed by atoms with Crippen molar-refractivity contribution >= 4 is 17.5 Å². The van der Waals surface area contributed by atoms with E-state index in [-0.39, 0.29) is 17.6 Å². The Balaban J connectivity index is 1.97. The van der Waals surface area contributed by atoms with E-state index in [1.807, 2.05) is 31.2 Å². The van der Waals surface area contributed by atoms with E-state index in [2.05, 4.69) is 5.32 Å². The van der Waals surface area contributed by atoms with Crippen LogP contribution in [0.15, 0.2) is 47.1 Å². The second-order valence-electron chi connectivity index (χ2n) is 4.69. The number of nitrogens with one attached hydrogen (secondary N) is 1. The van der Waals surface area contributed by atoms with Crippen molar-refractivity contribution in [3.8, 4) is 0 Å². The summed E-state index contributed by atoms with van der Waals surface area (Å²) < 4.78 is 5.01. The molecule has 1 N–H and O–H groups in total. The highest BCUT2D eigenvalue weighted by Crippen LogP contribution is 2.19. The molecule has 0 aliphatic rings. The monoisotopic (exact) mass is 286 g/mol. The smallest absolute Gasteiger partial charge is 0.287 e. The van der Waals surface area contributed by atoms with Crippen LogP contribution in [0.4, 0.5) is 5.69 Å². The van der Waals surface area contributed by atoms with Gasteiger partial charge >= 0.3 is 0 Å². The minimum Gasteiger partial charge on any atom is -0.459 e. The van der Waals surface area contributed by atoms with Crippen LogP contribution in [0.25, 0.3) is 0 Å².